The third-order valence-electron chi connectivity index (χ3n) is 3.85. The van der Waals surface area contributed by atoms with E-state index >= 15 is 0 Å². The summed E-state index contributed by atoms with van der Waals surface area (Å²) in [6.07, 6.45) is 0. The van der Waals surface area contributed by atoms with Gasteiger partial charge in [-0.2, -0.15) is 0 Å². The Morgan fingerprint density at radius 2 is 1.88 bits per heavy atom. The van der Waals surface area contributed by atoms with Crippen LogP contribution in [0.1, 0.15) is 25.3 Å². The van der Waals surface area contributed by atoms with E-state index in [-0.39, 0.29) is 21.9 Å². The molecule has 0 saturated carbocycles. The molecule has 0 amide bonds. The highest BCUT2D eigenvalue weighted by atomic mass is 35.5. The first kappa shape index (κ1) is 16.2. The summed E-state index contributed by atoms with van der Waals surface area (Å²) in [5, 5.41) is 11.5. The summed E-state index contributed by atoms with van der Waals surface area (Å²) < 4.78 is 5.79. The van der Waals surface area contributed by atoms with E-state index in [1.54, 1.807) is 6.07 Å². The Labute approximate surface area is 142 Å². The van der Waals surface area contributed by atoms with Crippen molar-refractivity contribution in [3.05, 3.63) is 73.4 Å². The Balaban J connectivity index is 2.16. The van der Waals surface area contributed by atoms with Gasteiger partial charge in [-0.1, -0.05) is 31.5 Å². The SMILES string of the molecule is CC(C)c1ccc2oc(-c3ccc([N+](=O)[O-])cc3Cl)cc(=O)c2c1. The molecule has 1 heterocycles. The predicted molar refractivity (Wildman–Crippen MR) is 93.7 cm³/mol. The van der Waals surface area contributed by atoms with Gasteiger partial charge in [0.25, 0.3) is 5.69 Å². The molecular formula is C18H14ClNO4. The van der Waals surface area contributed by atoms with Crippen molar-refractivity contribution < 1.29 is 9.34 Å². The van der Waals surface area contributed by atoms with Crippen molar-refractivity contribution in [3.63, 3.8) is 0 Å². The number of hydrogen-bond donors (Lipinski definition) is 0. The second-order valence-corrected chi connectivity index (χ2v) is 6.21. The van der Waals surface area contributed by atoms with E-state index in [9.17, 15) is 14.9 Å². The fraction of sp³-hybridized carbons (Fsp3) is 0.167. The average molecular weight is 344 g/mol. The number of nitrogens with zero attached hydrogens (tertiary/aromatic N) is 1. The maximum atomic E-state index is 12.4. The number of halogens is 1. The number of fused-ring (bicyclic) bond motifs is 1. The molecule has 3 aromatic rings. The highest BCUT2D eigenvalue weighted by Crippen LogP contribution is 2.32. The smallest absolute Gasteiger partial charge is 0.270 e. The van der Waals surface area contributed by atoms with Gasteiger partial charge >= 0.3 is 0 Å². The van der Waals surface area contributed by atoms with Crippen molar-refractivity contribution >= 4 is 28.3 Å². The van der Waals surface area contributed by atoms with E-state index < -0.39 is 4.92 Å². The minimum Gasteiger partial charge on any atom is -0.456 e. The monoisotopic (exact) mass is 343 g/mol. The first-order valence-electron chi connectivity index (χ1n) is 7.39. The van der Waals surface area contributed by atoms with Gasteiger partial charge in [0.05, 0.1) is 15.3 Å². The van der Waals surface area contributed by atoms with E-state index in [1.807, 2.05) is 26.0 Å². The Morgan fingerprint density at radius 1 is 1.12 bits per heavy atom. The zero-order chi connectivity index (χ0) is 17.4. The molecule has 0 radical (unpaired) electrons. The minimum absolute atomic E-state index is 0.117. The van der Waals surface area contributed by atoms with E-state index in [4.69, 9.17) is 16.0 Å². The molecule has 24 heavy (non-hydrogen) atoms. The Hall–Kier alpha value is -2.66. The van der Waals surface area contributed by atoms with Crippen LogP contribution in [0.4, 0.5) is 5.69 Å². The van der Waals surface area contributed by atoms with Gasteiger partial charge in [-0.25, -0.2) is 0 Å². The van der Waals surface area contributed by atoms with Crippen LogP contribution in [0.25, 0.3) is 22.3 Å². The summed E-state index contributed by atoms with van der Waals surface area (Å²) >= 11 is 6.11. The van der Waals surface area contributed by atoms with Gasteiger partial charge in [-0.05, 0) is 29.7 Å². The fourth-order valence-corrected chi connectivity index (χ4v) is 2.75. The molecule has 0 aliphatic carbocycles. The third-order valence-corrected chi connectivity index (χ3v) is 4.16. The number of benzene rings is 2. The second-order valence-electron chi connectivity index (χ2n) is 5.81. The zero-order valence-electron chi connectivity index (χ0n) is 13.1. The van der Waals surface area contributed by atoms with Crippen LogP contribution in [-0.2, 0) is 0 Å². The third kappa shape index (κ3) is 2.90. The lowest BCUT2D eigenvalue weighted by atomic mass is 10.0. The molecule has 0 bridgehead atoms. The minimum atomic E-state index is -0.528. The van der Waals surface area contributed by atoms with E-state index in [2.05, 4.69) is 0 Å². The maximum Gasteiger partial charge on any atom is 0.270 e. The van der Waals surface area contributed by atoms with Gasteiger partial charge in [-0.15, -0.1) is 0 Å². The molecule has 0 saturated heterocycles. The van der Waals surface area contributed by atoms with Crippen molar-refractivity contribution in [2.24, 2.45) is 0 Å². The predicted octanol–water partition coefficient (Wildman–Crippen LogP) is 5.15. The van der Waals surface area contributed by atoms with Crippen molar-refractivity contribution in [3.8, 4) is 11.3 Å². The molecule has 122 valence electrons. The number of nitro benzene ring substituents is 1. The Morgan fingerprint density at radius 3 is 2.50 bits per heavy atom. The molecule has 6 heteroatoms. The van der Waals surface area contributed by atoms with Crippen molar-refractivity contribution in [2.45, 2.75) is 19.8 Å². The first-order chi connectivity index (χ1) is 11.4. The van der Waals surface area contributed by atoms with Gasteiger partial charge in [-0.3, -0.25) is 14.9 Å². The molecule has 0 aliphatic rings. The quantitative estimate of drug-likeness (QED) is 0.487. The fourth-order valence-electron chi connectivity index (χ4n) is 2.48. The molecule has 5 nitrogen and oxygen atoms in total. The van der Waals surface area contributed by atoms with Crippen LogP contribution < -0.4 is 5.43 Å². The second kappa shape index (κ2) is 6.09. The van der Waals surface area contributed by atoms with Crippen LogP contribution in [-0.4, -0.2) is 4.92 Å². The number of rotatable bonds is 3. The highest BCUT2D eigenvalue weighted by molar-refractivity contribution is 6.33. The van der Waals surface area contributed by atoms with Crippen LogP contribution in [0.15, 0.2) is 51.7 Å². The summed E-state index contributed by atoms with van der Waals surface area (Å²) in [6.45, 7) is 4.10. The van der Waals surface area contributed by atoms with Crippen LogP contribution in [0.5, 0.6) is 0 Å². The standard InChI is InChI=1S/C18H14ClNO4/c1-10(2)11-3-6-17-14(7-11)16(21)9-18(24-17)13-5-4-12(20(22)23)8-15(13)19/h3-10H,1-2H3. The van der Waals surface area contributed by atoms with Gasteiger partial charge in [0.15, 0.2) is 5.43 Å². The average Bonchev–Trinajstić information content (AvgIpc) is 2.54. The Bertz CT molecular complexity index is 1010. The number of nitro groups is 1. The van der Waals surface area contributed by atoms with Gasteiger partial charge in [0.1, 0.15) is 11.3 Å². The van der Waals surface area contributed by atoms with Crippen LogP contribution in [0.2, 0.25) is 5.02 Å². The van der Waals surface area contributed by atoms with Crippen LogP contribution >= 0.6 is 11.6 Å². The molecule has 2 aromatic carbocycles. The topological polar surface area (TPSA) is 73.3 Å². The lowest BCUT2D eigenvalue weighted by Gasteiger charge is -2.08. The molecular weight excluding hydrogens is 330 g/mol. The summed E-state index contributed by atoms with van der Waals surface area (Å²) in [7, 11) is 0. The first-order valence-corrected chi connectivity index (χ1v) is 7.76. The van der Waals surface area contributed by atoms with Crippen LogP contribution in [0.3, 0.4) is 0 Å². The van der Waals surface area contributed by atoms with E-state index in [0.29, 0.717) is 22.5 Å². The molecule has 0 atom stereocenters. The lowest BCUT2D eigenvalue weighted by molar-refractivity contribution is -0.384. The largest absolute Gasteiger partial charge is 0.456 e. The molecule has 0 fully saturated rings. The molecule has 0 spiro atoms. The number of non-ortho nitro benzene ring substituents is 1. The molecule has 3 rings (SSSR count). The molecule has 0 aliphatic heterocycles. The van der Waals surface area contributed by atoms with Crippen molar-refractivity contribution in [1.29, 1.82) is 0 Å². The maximum absolute atomic E-state index is 12.4. The van der Waals surface area contributed by atoms with Gasteiger partial charge in [0, 0.05) is 23.8 Å². The lowest BCUT2D eigenvalue weighted by Crippen LogP contribution is -2.02. The molecule has 0 N–H and O–H groups in total. The summed E-state index contributed by atoms with van der Waals surface area (Å²) in [5.41, 5.74) is 1.65. The van der Waals surface area contributed by atoms with Crippen molar-refractivity contribution in [2.75, 3.05) is 0 Å². The highest BCUT2D eigenvalue weighted by Gasteiger charge is 2.14. The van der Waals surface area contributed by atoms with Crippen LogP contribution in [0, 0.1) is 10.1 Å². The Kier molecular flexibility index (Phi) is 4.11. The van der Waals surface area contributed by atoms with E-state index in [0.717, 1.165) is 5.56 Å². The summed E-state index contributed by atoms with van der Waals surface area (Å²) in [4.78, 5) is 22.7. The number of hydrogen-bond acceptors (Lipinski definition) is 4. The normalized spacial score (nSPS) is 11.2. The van der Waals surface area contributed by atoms with Crippen molar-refractivity contribution in [1.82, 2.24) is 0 Å². The summed E-state index contributed by atoms with van der Waals surface area (Å²) in [5.74, 6) is 0.585. The summed E-state index contributed by atoms with van der Waals surface area (Å²) in [6, 6.07) is 10.9. The van der Waals surface area contributed by atoms with Gasteiger partial charge < -0.3 is 4.42 Å². The van der Waals surface area contributed by atoms with Gasteiger partial charge in [0.2, 0.25) is 0 Å². The van der Waals surface area contributed by atoms with E-state index in [1.165, 1.54) is 24.3 Å². The molecule has 0 unspecified atom stereocenters. The zero-order valence-corrected chi connectivity index (χ0v) is 13.8. The molecule has 1 aromatic heterocycles.